The van der Waals surface area contributed by atoms with Crippen LogP contribution in [0.1, 0.15) is 37.4 Å². The van der Waals surface area contributed by atoms with E-state index in [1.807, 2.05) is 12.1 Å². The van der Waals surface area contributed by atoms with Gasteiger partial charge in [0, 0.05) is 17.8 Å². The highest BCUT2D eigenvalue weighted by atomic mass is 16.3. The molecule has 0 saturated heterocycles. The van der Waals surface area contributed by atoms with Crippen molar-refractivity contribution in [3.63, 3.8) is 0 Å². The fourth-order valence-corrected chi connectivity index (χ4v) is 2.60. The van der Waals surface area contributed by atoms with E-state index in [2.05, 4.69) is 17.2 Å². The number of hydrogen-bond donors (Lipinski definition) is 1. The summed E-state index contributed by atoms with van der Waals surface area (Å²) in [4.78, 5) is 9.36. The predicted octanol–water partition coefficient (Wildman–Crippen LogP) is 3.44. The zero-order valence-electron chi connectivity index (χ0n) is 11.3. The zero-order chi connectivity index (χ0) is 13.1. The molecule has 0 aromatic carbocycles. The molecule has 0 radical (unpaired) electrons. The minimum Gasteiger partial charge on any atom is -0.461 e. The standard InChI is InChI=1S/C15H19N3O/c1-2-16-14-11-7-4-3-5-8-12(11)17-15(18-14)13-9-6-10-19-13/h6,9-10H,2-5,7-8H2,1H3,(H,16,17,18). The first-order chi connectivity index (χ1) is 9.38. The van der Waals surface area contributed by atoms with Crippen molar-refractivity contribution >= 4 is 5.82 Å². The predicted molar refractivity (Wildman–Crippen MR) is 75.2 cm³/mol. The van der Waals surface area contributed by atoms with Gasteiger partial charge in [-0.15, -0.1) is 0 Å². The molecule has 2 aromatic heterocycles. The average Bonchev–Trinajstić information content (AvgIpc) is 2.85. The Hall–Kier alpha value is -1.84. The molecule has 4 nitrogen and oxygen atoms in total. The molecule has 0 saturated carbocycles. The molecule has 0 spiro atoms. The van der Waals surface area contributed by atoms with Gasteiger partial charge < -0.3 is 9.73 Å². The van der Waals surface area contributed by atoms with Crippen molar-refractivity contribution in [2.45, 2.75) is 39.0 Å². The summed E-state index contributed by atoms with van der Waals surface area (Å²) in [5.74, 6) is 2.42. The maximum absolute atomic E-state index is 5.42. The SMILES string of the molecule is CCNc1nc(-c2ccco2)nc2c1CCCCC2. The number of hydrogen-bond acceptors (Lipinski definition) is 4. The molecule has 19 heavy (non-hydrogen) atoms. The van der Waals surface area contributed by atoms with Gasteiger partial charge in [-0.25, -0.2) is 9.97 Å². The van der Waals surface area contributed by atoms with E-state index in [9.17, 15) is 0 Å². The van der Waals surface area contributed by atoms with Gasteiger partial charge >= 0.3 is 0 Å². The molecule has 0 atom stereocenters. The molecule has 0 aliphatic heterocycles. The van der Waals surface area contributed by atoms with Crippen LogP contribution in [0.25, 0.3) is 11.6 Å². The number of aromatic nitrogens is 2. The lowest BCUT2D eigenvalue weighted by molar-refractivity contribution is 0.576. The summed E-state index contributed by atoms with van der Waals surface area (Å²) in [7, 11) is 0. The quantitative estimate of drug-likeness (QED) is 0.856. The van der Waals surface area contributed by atoms with Crippen LogP contribution in [0.15, 0.2) is 22.8 Å². The molecule has 2 heterocycles. The minimum atomic E-state index is 0.696. The Balaban J connectivity index is 2.08. The maximum Gasteiger partial charge on any atom is 0.197 e. The molecule has 0 fully saturated rings. The van der Waals surface area contributed by atoms with E-state index in [4.69, 9.17) is 9.40 Å². The van der Waals surface area contributed by atoms with Crippen molar-refractivity contribution in [1.29, 1.82) is 0 Å². The third kappa shape index (κ3) is 2.48. The molecular weight excluding hydrogens is 238 g/mol. The van der Waals surface area contributed by atoms with Gasteiger partial charge in [-0.05, 0) is 44.7 Å². The molecular formula is C15H19N3O. The van der Waals surface area contributed by atoms with E-state index >= 15 is 0 Å². The van der Waals surface area contributed by atoms with E-state index in [-0.39, 0.29) is 0 Å². The van der Waals surface area contributed by atoms with E-state index in [0.717, 1.165) is 31.0 Å². The van der Waals surface area contributed by atoms with E-state index in [1.54, 1.807) is 6.26 Å². The van der Waals surface area contributed by atoms with Crippen LogP contribution < -0.4 is 5.32 Å². The van der Waals surface area contributed by atoms with Crippen molar-refractivity contribution in [3.05, 3.63) is 29.7 Å². The van der Waals surface area contributed by atoms with Crippen LogP contribution in [0, 0.1) is 0 Å². The molecule has 1 aliphatic carbocycles. The number of fused-ring (bicyclic) bond motifs is 1. The van der Waals surface area contributed by atoms with E-state index in [1.165, 1.54) is 30.5 Å². The monoisotopic (exact) mass is 257 g/mol. The fraction of sp³-hybridized carbons (Fsp3) is 0.467. The molecule has 4 heteroatoms. The summed E-state index contributed by atoms with van der Waals surface area (Å²) in [6.07, 6.45) is 7.51. The highest BCUT2D eigenvalue weighted by Crippen LogP contribution is 2.27. The van der Waals surface area contributed by atoms with Gasteiger partial charge in [-0.1, -0.05) is 6.42 Å². The lowest BCUT2D eigenvalue weighted by atomic mass is 10.1. The number of nitrogens with zero attached hydrogens (tertiary/aromatic N) is 2. The Morgan fingerprint density at radius 2 is 2.11 bits per heavy atom. The largest absolute Gasteiger partial charge is 0.461 e. The van der Waals surface area contributed by atoms with Crippen molar-refractivity contribution in [2.24, 2.45) is 0 Å². The van der Waals surface area contributed by atoms with Crippen LogP contribution in [0.4, 0.5) is 5.82 Å². The van der Waals surface area contributed by atoms with Gasteiger partial charge in [-0.3, -0.25) is 0 Å². The molecule has 100 valence electrons. The van der Waals surface area contributed by atoms with E-state index in [0.29, 0.717) is 5.82 Å². The van der Waals surface area contributed by atoms with Crippen molar-refractivity contribution in [2.75, 3.05) is 11.9 Å². The first-order valence-electron chi connectivity index (χ1n) is 7.06. The average molecular weight is 257 g/mol. The van der Waals surface area contributed by atoms with Crippen LogP contribution in [-0.4, -0.2) is 16.5 Å². The normalized spacial score (nSPS) is 14.8. The highest BCUT2D eigenvalue weighted by Gasteiger charge is 2.17. The number of nitrogens with one attached hydrogen (secondary N) is 1. The van der Waals surface area contributed by atoms with Gasteiger partial charge in [0.15, 0.2) is 11.6 Å². The number of anilines is 1. The summed E-state index contributed by atoms with van der Waals surface area (Å²) >= 11 is 0. The highest BCUT2D eigenvalue weighted by molar-refractivity contribution is 5.56. The number of aryl methyl sites for hydroxylation is 1. The molecule has 0 amide bonds. The van der Waals surface area contributed by atoms with Crippen LogP contribution in [-0.2, 0) is 12.8 Å². The van der Waals surface area contributed by atoms with Crippen LogP contribution >= 0.6 is 0 Å². The maximum atomic E-state index is 5.42. The smallest absolute Gasteiger partial charge is 0.197 e. The number of rotatable bonds is 3. The third-order valence-electron chi connectivity index (χ3n) is 3.52. The lowest BCUT2D eigenvalue weighted by Gasteiger charge is -2.13. The first-order valence-corrected chi connectivity index (χ1v) is 7.06. The Morgan fingerprint density at radius 1 is 1.21 bits per heavy atom. The summed E-state index contributed by atoms with van der Waals surface area (Å²) < 4.78 is 5.42. The van der Waals surface area contributed by atoms with E-state index < -0.39 is 0 Å². The molecule has 0 bridgehead atoms. The Bertz CT molecular complexity index is 549. The fourth-order valence-electron chi connectivity index (χ4n) is 2.60. The van der Waals surface area contributed by atoms with Gasteiger partial charge in [0.05, 0.1) is 6.26 Å². The van der Waals surface area contributed by atoms with Crippen molar-refractivity contribution < 1.29 is 4.42 Å². The summed E-state index contributed by atoms with van der Waals surface area (Å²) in [5, 5.41) is 3.37. The Morgan fingerprint density at radius 3 is 2.89 bits per heavy atom. The Labute approximate surface area is 113 Å². The molecule has 2 aromatic rings. The van der Waals surface area contributed by atoms with Gasteiger partial charge in [0.1, 0.15) is 5.82 Å². The summed E-state index contributed by atoms with van der Waals surface area (Å²) in [5.41, 5.74) is 2.49. The van der Waals surface area contributed by atoms with Crippen LogP contribution in [0.2, 0.25) is 0 Å². The van der Waals surface area contributed by atoms with Gasteiger partial charge in [-0.2, -0.15) is 0 Å². The molecule has 1 N–H and O–H groups in total. The first kappa shape index (κ1) is 12.2. The second-order valence-corrected chi connectivity index (χ2v) is 4.89. The minimum absolute atomic E-state index is 0.696. The molecule has 1 aliphatic rings. The summed E-state index contributed by atoms with van der Waals surface area (Å²) in [6.45, 7) is 2.97. The second-order valence-electron chi connectivity index (χ2n) is 4.89. The summed E-state index contributed by atoms with van der Waals surface area (Å²) in [6, 6.07) is 3.78. The zero-order valence-corrected chi connectivity index (χ0v) is 11.3. The van der Waals surface area contributed by atoms with Gasteiger partial charge in [0.2, 0.25) is 0 Å². The lowest BCUT2D eigenvalue weighted by Crippen LogP contribution is -2.09. The van der Waals surface area contributed by atoms with Crippen molar-refractivity contribution in [3.8, 4) is 11.6 Å². The molecule has 0 unspecified atom stereocenters. The van der Waals surface area contributed by atoms with Crippen molar-refractivity contribution in [1.82, 2.24) is 9.97 Å². The third-order valence-corrected chi connectivity index (χ3v) is 3.52. The Kier molecular flexibility index (Phi) is 3.49. The van der Waals surface area contributed by atoms with Crippen LogP contribution in [0.3, 0.4) is 0 Å². The topological polar surface area (TPSA) is 51.0 Å². The van der Waals surface area contributed by atoms with Gasteiger partial charge in [0.25, 0.3) is 0 Å². The number of furan rings is 1. The molecule has 3 rings (SSSR count). The second kappa shape index (κ2) is 5.43. The van der Waals surface area contributed by atoms with Crippen LogP contribution in [0.5, 0.6) is 0 Å².